The molecule has 3 nitrogen and oxygen atoms in total. The molecule has 17 heavy (non-hydrogen) atoms. The number of hydrogen-bond acceptors (Lipinski definition) is 5. The average Bonchev–Trinajstić information content (AvgIpc) is 2.67. The highest BCUT2D eigenvalue weighted by Crippen LogP contribution is 2.32. The third-order valence-corrected chi connectivity index (χ3v) is 4.19. The summed E-state index contributed by atoms with van der Waals surface area (Å²) >= 11 is 14.1. The molecule has 0 saturated heterocycles. The summed E-state index contributed by atoms with van der Waals surface area (Å²) in [5.74, 6) is 0.173. The molecule has 2 aromatic heterocycles. The average molecular weight is 305 g/mol. The van der Waals surface area contributed by atoms with E-state index < -0.39 is 0 Å². The lowest BCUT2D eigenvalue weighted by Crippen LogP contribution is -2.02. The van der Waals surface area contributed by atoms with Crippen molar-refractivity contribution in [3.63, 3.8) is 0 Å². The molecule has 0 N–H and O–H groups in total. The Balaban J connectivity index is 2.01. The van der Waals surface area contributed by atoms with E-state index >= 15 is 0 Å². The highest BCUT2D eigenvalue weighted by atomic mass is 35.5. The Hall–Kier alpha value is -0.620. The van der Waals surface area contributed by atoms with Crippen molar-refractivity contribution in [3.05, 3.63) is 38.8 Å². The number of Topliss-reactive ketones (excluding diaryl/α,β-unsaturated/α-hetero) is 1. The molecular weight excluding hydrogens is 299 g/mol. The summed E-state index contributed by atoms with van der Waals surface area (Å²) in [6, 6.07) is 3.31. The van der Waals surface area contributed by atoms with Gasteiger partial charge in [0.25, 0.3) is 0 Å². The van der Waals surface area contributed by atoms with E-state index in [4.69, 9.17) is 23.2 Å². The van der Waals surface area contributed by atoms with Gasteiger partial charge in [0.15, 0.2) is 10.9 Å². The third kappa shape index (κ3) is 3.42. The topological polar surface area (TPSA) is 42.9 Å². The van der Waals surface area contributed by atoms with Crippen LogP contribution >= 0.6 is 46.3 Å². The van der Waals surface area contributed by atoms with Gasteiger partial charge in [0.2, 0.25) is 0 Å². The molecule has 88 valence electrons. The maximum absolute atomic E-state index is 11.8. The standard InChI is InChI=1S/C10H6Cl2N2OS2/c11-8-4-6(9(12)17-8)7(15)5-16-10-13-2-1-3-14-10/h1-4H,5H2. The van der Waals surface area contributed by atoms with Crippen molar-refractivity contribution < 1.29 is 4.79 Å². The highest BCUT2D eigenvalue weighted by Gasteiger charge is 2.14. The molecule has 0 amide bonds. The summed E-state index contributed by atoms with van der Waals surface area (Å²) in [6.07, 6.45) is 3.27. The molecular formula is C10H6Cl2N2OS2. The summed E-state index contributed by atoms with van der Waals surface area (Å²) in [4.78, 5) is 19.9. The second-order valence-corrected chi connectivity index (χ2v) is 6.21. The molecule has 2 aromatic rings. The van der Waals surface area contributed by atoms with Gasteiger partial charge in [0, 0.05) is 18.0 Å². The van der Waals surface area contributed by atoms with Crippen molar-refractivity contribution in [3.8, 4) is 0 Å². The molecule has 7 heteroatoms. The number of ketones is 1. The first-order chi connectivity index (χ1) is 8.16. The van der Waals surface area contributed by atoms with Crippen LogP contribution in [-0.4, -0.2) is 21.5 Å². The van der Waals surface area contributed by atoms with Gasteiger partial charge in [-0.05, 0) is 12.1 Å². The minimum Gasteiger partial charge on any atom is -0.293 e. The Labute approximate surface area is 116 Å². The molecule has 0 aliphatic carbocycles. The lowest BCUT2D eigenvalue weighted by molar-refractivity contribution is 0.102. The predicted octanol–water partition coefficient (Wildman–Crippen LogP) is 3.82. The molecule has 0 radical (unpaired) electrons. The summed E-state index contributed by atoms with van der Waals surface area (Å²) in [5, 5.41) is 0.568. The number of hydrogen-bond donors (Lipinski definition) is 0. The Bertz CT molecular complexity index is 530. The Morgan fingerprint density at radius 2 is 2.06 bits per heavy atom. The summed E-state index contributed by atoms with van der Waals surface area (Å²) in [7, 11) is 0. The lowest BCUT2D eigenvalue weighted by Gasteiger charge is -1.98. The zero-order valence-electron chi connectivity index (χ0n) is 8.39. The van der Waals surface area contributed by atoms with Crippen LogP contribution in [0.25, 0.3) is 0 Å². The number of nitrogens with zero attached hydrogens (tertiary/aromatic N) is 2. The van der Waals surface area contributed by atoms with Crippen molar-refractivity contribution in [2.75, 3.05) is 5.75 Å². The van der Waals surface area contributed by atoms with Gasteiger partial charge in [-0.1, -0.05) is 35.0 Å². The fraction of sp³-hybridized carbons (Fsp3) is 0.100. The Kier molecular flexibility index (Phi) is 4.39. The van der Waals surface area contributed by atoms with Gasteiger partial charge in [0.1, 0.15) is 4.34 Å². The molecule has 0 unspecified atom stereocenters. The van der Waals surface area contributed by atoms with Crippen LogP contribution in [0.2, 0.25) is 8.67 Å². The fourth-order valence-electron chi connectivity index (χ4n) is 1.10. The van der Waals surface area contributed by atoms with Crippen molar-refractivity contribution in [1.29, 1.82) is 0 Å². The van der Waals surface area contributed by atoms with Gasteiger partial charge in [-0.25, -0.2) is 9.97 Å². The van der Waals surface area contributed by atoms with Gasteiger partial charge in [-0.3, -0.25) is 4.79 Å². The quantitative estimate of drug-likeness (QED) is 0.489. The van der Waals surface area contributed by atoms with Crippen molar-refractivity contribution in [1.82, 2.24) is 9.97 Å². The van der Waals surface area contributed by atoms with E-state index in [9.17, 15) is 4.79 Å². The maximum Gasteiger partial charge on any atom is 0.187 e. The minimum atomic E-state index is -0.0735. The number of thiophene rings is 1. The number of halogens is 2. The van der Waals surface area contributed by atoms with Crippen LogP contribution in [0.4, 0.5) is 0 Å². The van der Waals surface area contributed by atoms with Gasteiger partial charge in [0.05, 0.1) is 10.1 Å². The zero-order valence-corrected chi connectivity index (χ0v) is 11.5. The van der Waals surface area contributed by atoms with Gasteiger partial charge < -0.3 is 0 Å². The van der Waals surface area contributed by atoms with Crippen LogP contribution in [0.5, 0.6) is 0 Å². The van der Waals surface area contributed by atoms with E-state index in [0.717, 1.165) is 0 Å². The Morgan fingerprint density at radius 1 is 1.35 bits per heavy atom. The van der Waals surface area contributed by atoms with E-state index in [1.54, 1.807) is 24.5 Å². The van der Waals surface area contributed by atoms with Crippen LogP contribution in [0.15, 0.2) is 29.7 Å². The van der Waals surface area contributed by atoms with Crippen LogP contribution in [-0.2, 0) is 0 Å². The SMILES string of the molecule is O=C(CSc1ncccn1)c1cc(Cl)sc1Cl. The predicted molar refractivity (Wildman–Crippen MR) is 71.4 cm³/mol. The van der Waals surface area contributed by atoms with Crippen molar-refractivity contribution >= 4 is 52.1 Å². The number of thioether (sulfide) groups is 1. The molecule has 2 heterocycles. The van der Waals surface area contributed by atoms with Crippen LogP contribution < -0.4 is 0 Å². The molecule has 0 fully saturated rings. The normalized spacial score (nSPS) is 10.5. The van der Waals surface area contributed by atoms with Crippen LogP contribution in [0.3, 0.4) is 0 Å². The smallest absolute Gasteiger partial charge is 0.187 e. The van der Waals surface area contributed by atoms with Crippen molar-refractivity contribution in [2.24, 2.45) is 0 Å². The van der Waals surface area contributed by atoms with E-state index in [1.807, 2.05) is 0 Å². The third-order valence-electron chi connectivity index (χ3n) is 1.83. The number of carbonyl (C=O) groups is 1. The summed E-state index contributed by atoms with van der Waals surface area (Å²) in [6.45, 7) is 0. The van der Waals surface area contributed by atoms with Crippen LogP contribution in [0, 0.1) is 0 Å². The van der Waals surface area contributed by atoms with Gasteiger partial charge in [-0.15, -0.1) is 11.3 Å². The molecule has 0 bridgehead atoms. The maximum atomic E-state index is 11.8. The van der Waals surface area contributed by atoms with E-state index in [0.29, 0.717) is 19.4 Å². The lowest BCUT2D eigenvalue weighted by atomic mass is 10.2. The minimum absolute atomic E-state index is 0.0735. The first-order valence-corrected chi connectivity index (χ1v) is 7.10. The highest BCUT2D eigenvalue weighted by molar-refractivity contribution is 7.99. The number of aromatic nitrogens is 2. The fourth-order valence-corrected chi connectivity index (χ4v) is 3.28. The first-order valence-electron chi connectivity index (χ1n) is 4.54. The van der Waals surface area contributed by atoms with Gasteiger partial charge >= 0.3 is 0 Å². The first kappa shape index (κ1) is 12.8. The number of rotatable bonds is 4. The second kappa shape index (κ2) is 5.82. The summed E-state index contributed by atoms with van der Waals surface area (Å²) < 4.78 is 0.939. The Morgan fingerprint density at radius 3 is 2.65 bits per heavy atom. The van der Waals surface area contributed by atoms with Crippen LogP contribution in [0.1, 0.15) is 10.4 Å². The van der Waals surface area contributed by atoms with Gasteiger partial charge in [-0.2, -0.15) is 0 Å². The zero-order chi connectivity index (χ0) is 12.3. The van der Waals surface area contributed by atoms with E-state index in [2.05, 4.69) is 9.97 Å². The molecule has 0 aromatic carbocycles. The molecule has 0 aliphatic rings. The molecule has 0 atom stereocenters. The second-order valence-electron chi connectivity index (χ2n) is 2.98. The van der Waals surface area contributed by atoms with E-state index in [-0.39, 0.29) is 11.5 Å². The molecule has 0 spiro atoms. The monoisotopic (exact) mass is 304 g/mol. The molecule has 0 saturated carbocycles. The van der Waals surface area contributed by atoms with E-state index in [1.165, 1.54) is 23.1 Å². The number of carbonyl (C=O) groups excluding carboxylic acids is 1. The van der Waals surface area contributed by atoms with Crippen molar-refractivity contribution in [2.45, 2.75) is 5.16 Å². The largest absolute Gasteiger partial charge is 0.293 e. The molecule has 2 rings (SSSR count). The molecule has 0 aliphatic heterocycles. The summed E-state index contributed by atoms with van der Waals surface area (Å²) in [5.41, 5.74) is 0.463.